The fourth-order valence-electron chi connectivity index (χ4n) is 3.94. The van der Waals surface area contributed by atoms with Crippen LogP contribution in [0.3, 0.4) is 0 Å². The van der Waals surface area contributed by atoms with Crippen molar-refractivity contribution in [3.63, 3.8) is 0 Å². The highest BCUT2D eigenvalue weighted by Crippen LogP contribution is 2.35. The number of anilines is 2. The van der Waals surface area contributed by atoms with Gasteiger partial charge in [-0.05, 0) is 36.6 Å². The quantitative estimate of drug-likeness (QED) is 0.855. The van der Waals surface area contributed by atoms with E-state index in [9.17, 15) is 9.59 Å². The molecule has 0 N–H and O–H groups in total. The van der Waals surface area contributed by atoms with Crippen molar-refractivity contribution in [2.75, 3.05) is 30.0 Å². The fourth-order valence-corrected chi connectivity index (χ4v) is 3.94. The number of rotatable bonds is 3. The van der Waals surface area contributed by atoms with Crippen LogP contribution in [0.5, 0.6) is 5.75 Å². The first-order valence-electron chi connectivity index (χ1n) is 9.01. The van der Waals surface area contributed by atoms with Crippen LogP contribution in [0, 0.1) is 5.92 Å². The molecule has 1 fully saturated rings. The number of para-hydroxylation sites is 3. The second-order valence-electron chi connectivity index (χ2n) is 6.80. The number of aryl methyl sites for hydroxylation is 1. The van der Waals surface area contributed by atoms with Crippen LogP contribution in [0.4, 0.5) is 11.4 Å². The Labute approximate surface area is 153 Å². The summed E-state index contributed by atoms with van der Waals surface area (Å²) in [5, 5.41) is 0. The van der Waals surface area contributed by atoms with E-state index in [0.717, 1.165) is 30.8 Å². The standard InChI is InChI=1S/C21H22N2O3/c1-26-19-11-5-4-10-18(19)23-14-16(13-20(23)24)21(25)22-12-6-8-15-7-2-3-9-17(15)22/h2-5,7,9-11,16H,6,8,12-14H2,1H3. The van der Waals surface area contributed by atoms with E-state index in [2.05, 4.69) is 6.07 Å². The van der Waals surface area contributed by atoms with Gasteiger partial charge in [0.15, 0.2) is 0 Å². The molecular weight excluding hydrogens is 328 g/mol. The van der Waals surface area contributed by atoms with Gasteiger partial charge in [-0.2, -0.15) is 0 Å². The third-order valence-electron chi connectivity index (χ3n) is 5.23. The maximum absolute atomic E-state index is 13.2. The third-order valence-corrected chi connectivity index (χ3v) is 5.23. The van der Waals surface area contributed by atoms with Gasteiger partial charge >= 0.3 is 0 Å². The number of carbonyl (C=O) groups is 2. The Kier molecular flexibility index (Phi) is 4.37. The molecule has 0 spiro atoms. The molecule has 2 amide bonds. The molecule has 4 rings (SSSR count). The minimum absolute atomic E-state index is 0.0295. The Hall–Kier alpha value is -2.82. The van der Waals surface area contributed by atoms with Crippen molar-refractivity contribution in [3.8, 4) is 5.75 Å². The number of nitrogens with zero attached hydrogens (tertiary/aromatic N) is 2. The van der Waals surface area contributed by atoms with Crippen molar-refractivity contribution in [3.05, 3.63) is 54.1 Å². The average molecular weight is 350 g/mol. The predicted molar refractivity (Wildman–Crippen MR) is 101 cm³/mol. The highest BCUT2D eigenvalue weighted by Gasteiger charge is 2.39. The molecule has 0 saturated carbocycles. The smallest absolute Gasteiger partial charge is 0.232 e. The largest absolute Gasteiger partial charge is 0.495 e. The number of methoxy groups -OCH3 is 1. The molecule has 5 nitrogen and oxygen atoms in total. The van der Waals surface area contributed by atoms with Gasteiger partial charge in [-0.3, -0.25) is 9.59 Å². The lowest BCUT2D eigenvalue weighted by Gasteiger charge is -2.31. The van der Waals surface area contributed by atoms with Gasteiger partial charge < -0.3 is 14.5 Å². The molecule has 2 aromatic carbocycles. The second-order valence-corrected chi connectivity index (χ2v) is 6.80. The Balaban J connectivity index is 1.57. The molecule has 134 valence electrons. The summed E-state index contributed by atoms with van der Waals surface area (Å²) in [5.41, 5.74) is 2.93. The SMILES string of the molecule is COc1ccccc1N1CC(C(=O)N2CCCc3ccccc32)CC1=O. The summed E-state index contributed by atoms with van der Waals surface area (Å²) in [7, 11) is 1.59. The number of ether oxygens (including phenoxy) is 1. The number of carbonyl (C=O) groups excluding carboxylic acids is 2. The maximum Gasteiger partial charge on any atom is 0.232 e. The van der Waals surface area contributed by atoms with Crippen molar-refractivity contribution in [1.82, 2.24) is 0 Å². The number of hydrogen-bond acceptors (Lipinski definition) is 3. The van der Waals surface area contributed by atoms with Crippen LogP contribution in [0.15, 0.2) is 48.5 Å². The topological polar surface area (TPSA) is 49.9 Å². The first kappa shape index (κ1) is 16.6. The Morgan fingerprint density at radius 2 is 1.81 bits per heavy atom. The van der Waals surface area contributed by atoms with Gasteiger partial charge in [-0.1, -0.05) is 30.3 Å². The van der Waals surface area contributed by atoms with Crippen LogP contribution in [0.25, 0.3) is 0 Å². The van der Waals surface area contributed by atoms with Gasteiger partial charge in [0.05, 0.1) is 18.7 Å². The highest BCUT2D eigenvalue weighted by atomic mass is 16.5. The summed E-state index contributed by atoms with van der Waals surface area (Å²) in [6.45, 7) is 1.12. The lowest BCUT2D eigenvalue weighted by atomic mass is 9.99. The molecule has 1 atom stereocenters. The molecule has 0 radical (unpaired) electrons. The van der Waals surface area contributed by atoms with Crippen molar-refractivity contribution in [2.45, 2.75) is 19.3 Å². The zero-order chi connectivity index (χ0) is 18.1. The van der Waals surface area contributed by atoms with Crippen molar-refractivity contribution >= 4 is 23.2 Å². The lowest BCUT2D eigenvalue weighted by molar-refractivity contribution is -0.124. The predicted octanol–water partition coefficient (Wildman–Crippen LogP) is 3.03. The van der Waals surface area contributed by atoms with Gasteiger partial charge in [0.2, 0.25) is 11.8 Å². The van der Waals surface area contributed by atoms with Crippen LogP contribution < -0.4 is 14.5 Å². The van der Waals surface area contributed by atoms with Crippen molar-refractivity contribution in [2.24, 2.45) is 5.92 Å². The number of fused-ring (bicyclic) bond motifs is 1. The molecule has 2 heterocycles. The van der Waals surface area contributed by atoms with Crippen molar-refractivity contribution < 1.29 is 14.3 Å². The zero-order valence-electron chi connectivity index (χ0n) is 14.9. The highest BCUT2D eigenvalue weighted by molar-refractivity contribution is 6.05. The molecule has 26 heavy (non-hydrogen) atoms. The van der Waals surface area contributed by atoms with E-state index in [-0.39, 0.29) is 24.2 Å². The fraction of sp³-hybridized carbons (Fsp3) is 0.333. The van der Waals surface area contributed by atoms with Crippen LogP contribution in [-0.2, 0) is 16.0 Å². The molecular formula is C21H22N2O3. The molecule has 2 aliphatic heterocycles. The Morgan fingerprint density at radius 1 is 1.08 bits per heavy atom. The number of benzene rings is 2. The number of amides is 2. The first-order valence-corrected chi connectivity index (χ1v) is 9.01. The number of hydrogen-bond donors (Lipinski definition) is 0. The summed E-state index contributed by atoms with van der Waals surface area (Å²) in [6, 6.07) is 15.5. The molecule has 2 aliphatic rings. The summed E-state index contributed by atoms with van der Waals surface area (Å²) in [4.78, 5) is 29.3. The lowest BCUT2D eigenvalue weighted by Crippen LogP contribution is -2.40. The monoisotopic (exact) mass is 350 g/mol. The zero-order valence-corrected chi connectivity index (χ0v) is 14.9. The molecule has 5 heteroatoms. The molecule has 0 bridgehead atoms. The van der Waals surface area contributed by atoms with Gasteiger partial charge in [0.25, 0.3) is 0 Å². The van der Waals surface area contributed by atoms with E-state index in [1.807, 2.05) is 47.4 Å². The van der Waals surface area contributed by atoms with Crippen LogP contribution >= 0.6 is 0 Å². The Morgan fingerprint density at radius 3 is 2.62 bits per heavy atom. The van der Waals surface area contributed by atoms with Gasteiger partial charge in [-0.15, -0.1) is 0 Å². The van der Waals surface area contributed by atoms with E-state index in [1.165, 1.54) is 5.56 Å². The van der Waals surface area contributed by atoms with E-state index < -0.39 is 0 Å². The first-order chi connectivity index (χ1) is 12.7. The van der Waals surface area contributed by atoms with Crippen LogP contribution in [0.2, 0.25) is 0 Å². The van der Waals surface area contributed by atoms with E-state index in [4.69, 9.17) is 4.74 Å². The van der Waals surface area contributed by atoms with E-state index >= 15 is 0 Å². The maximum atomic E-state index is 13.2. The van der Waals surface area contributed by atoms with E-state index in [0.29, 0.717) is 12.3 Å². The van der Waals surface area contributed by atoms with Gasteiger partial charge in [0.1, 0.15) is 5.75 Å². The summed E-state index contributed by atoms with van der Waals surface area (Å²) in [5.74, 6) is 0.344. The second kappa shape index (κ2) is 6.83. The molecule has 1 unspecified atom stereocenters. The molecule has 0 aliphatic carbocycles. The van der Waals surface area contributed by atoms with Gasteiger partial charge in [-0.25, -0.2) is 0 Å². The average Bonchev–Trinajstić information content (AvgIpc) is 3.08. The van der Waals surface area contributed by atoms with Crippen molar-refractivity contribution in [1.29, 1.82) is 0 Å². The molecule has 2 aromatic rings. The molecule has 1 saturated heterocycles. The Bertz CT molecular complexity index is 849. The summed E-state index contributed by atoms with van der Waals surface area (Å²) < 4.78 is 5.38. The van der Waals surface area contributed by atoms with Crippen LogP contribution in [0.1, 0.15) is 18.4 Å². The van der Waals surface area contributed by atoms with Gasteiger partial charge in [0, 0.05) is 25.2 Å². The minimum Gasteiger partial charge on any atom is -0.495 e. The molecule has 0 aromatic heterocycles. The van der Waals surface area contributed by atoms with Crippen LogP contribution in [-0.4, -0.2) is 32.0 Å². The summed E-state index contributed by atoms with van der Waals surface area (Å²) >= 11 is 0. The normalized spacial score (nSPS) is 19.4. The third kappa shape index (κ3) is 2.83. The van der Waals surface area contributed by atoms with E-state index in [1.54, 1.807) is 12.0 Å². The minimum atomic E-state index is -0.321. The summed E-state index contributed by atoms with van der Waals surface area (Å²) in [6.07, 6.45) is 2.20.